The summed E-state index contributed by atoms with van der Waals surface area (Å²) in [5, 5.41) is 56.8. The Bertz CT molecular complexity index is 1170. The smallest absolute Gasteiger partial charge is 0.393 e. The molecule has 0 aromatic carbocycles. The maximum absolute atomic E-state index is 12.6. The third-order valence-electron chi connectivity index (χ3n) is 13.3. The number of hydrogen-bond donors (Lipinski definition) is 6. The van der Waals surface area contributed by atoms with Crippen LogP contribution in [0.15, 0.2) is 0 Å². The third-order valence-corrected chi connectivity index (χ3v) is 13.8. The Morgan fingerprint density at radius 1 is 0.957 bits per heavy atom. The molecular weight excluding hydrogens is 620 g/mol. The molecule has 13 heteroatoms. The molecule has 268 valence electrons. The molecule has 1 heterocycles. The molecule has 0 spiro atoms. The minimum atomic E-state index is -4.70. The summed E-state index contributed by atoms with van der Waals surface area (Å²) < 4.78 is 53.0. The minimum absolute atomic E-state index is 0.0399. The molecule has 1 aliphatic heterocycles. The van der Waals surface area contributed by atoms with Crippen molar-refractivity contribution in [3.63, 3.8) is 0 Å². The number of ether oxygens (including phenoxy) is 3. The van der Waals surface area contributed by atoms with Gasteiger partial charge in [-0.05, 0) is 91.8 Å². The second kappa shape index (κ2) is 13.4. The van der Waals surface area contributed by atoms with Gasteiger partial charge in [0.1, 0.15) is 18.3 Å². The molecule has 1 saturated heterocycles. The van der Waals surface area contributed by atoms with E-state index < -0.39 is 65.5 Å². The summed E-state index contributed by atoms with van der Waals surface area (Å²) in [6.07, 6.45) is -0.342. The van der Waals surface area contributed by atoms with Gasteiger partial charge in [0.15, 0.2) is 6.29 Å². The zero-order valence-electron chi connectivity index (χ0n) is 28.2. The Kier molecular flexibility index (Phi) is 10.7. The van der Waals surface area contributed by atoms with Gasteiger partial charge in [0, 0.05) is 19.4 Å². The van der Waals surface area contributed by atoms with E-state index in [0.29, 0.717) is 25.7 Å². The zero-order chi connectivity index (χ0) is 34.0. The highest BCUT2D eigenvalue weighted by Gasteiger charge is 2.70. The first-order valence-electron chi connectivity index (χ1n) is 17.3. The van der Waals surface area contributed by atoms with Crippen LogP contribution in [0.25, 0.3) is 0 Å². The van der Waals surface area contributed by atoms with Crippen LogP contribution in [-0.2, 0) is 28.8 Å². The second-order valence-corrected chi connectivity index (χ2v) is 17.3. The van der Waals surface area contributed by atoms with Crippen molar-refractivity contribution in [3.8, 4) is 0 Å². The molecular formula is C33H58O12S. The van der Waals surface area contributed by atoms with Crippen LogP contribution in [0.2, 0.25) is 0 Å². The maximum atomic E-state index is 12.6. The average molecular weight is 679 g/mol. The summed E-state index contributed by atoms with van der Waals surface area (Å²) in [5.74, 6) is -0.0431. The van der Waals surface area contributed by atoms with Crippen LogP contribution in [0.5, 0.6) is 0 Å². The van der Waals surface area contributed by atoms with Crippen LogP contribution in [0.1, 0.15) is 92.4 Å². The quantitative estimate of drug-likeness (QED) is 0.175. The summed E-state index contributed by atoms with van der Waals surface area (Å²) in [4.78, 5) is 0. The molecule has 4 saturated carbocycles. The first-order valence-corrected chi connectivity index (χ1v) is 18.6. The molecule has 0 bridgehead atoms. The fourth-order valence-corrected chi connectivity index (χ4v) is 11.5. The summed E-state index contributed by atoms with van der Waals surface area (Å²) in [5.41, 5.74) is -1.78. The largest absolute Gasteiger partial charge is 0.397 e. The number of aliphatic hydroxyl groups excluding tert-OH is 4. The molecule has 0 aromatic rings. The predicted molar refractivity (Wildman–Crippen MR) is 167 cm³/mol. The standard InChI is InChI=1S/C33H58O12S/c1-17(2)24(44-30-27(37)28(42-6)25(45-30)16-43-46(39,40)41)8-7-18(3)20-14-22(35)29-32(20,5)12-10-26-31(4)11-9-19(34)13-21(31)23(36)15-33(26,29)38/h17-30,34-38H,7-16H2,1-6H3,(H,39,40,41)/t18-,19+,20-,21-,22+,23+,24+,25+,26-,27-,28+,29-,30-,31+,32-,33+/m1/s1. The van der Waals surface area contributed by atoms with Gasteiger partial charge in [0.05, 0.1) is 36.6 Å². The molecule has 0 unspecified atom stereocenters. The second-order valence-electron chi connectivity index (χ2n) is 16.2. The number of aliphatic hydroxyl groups is 5. The monoisotopic (exact) mass is 678 g/mol. The van der Waals surface area contributed by atoms with Crippen LogP contribution in [0.3, 0.4) is 0 Å². The molecule has 46 heavy (non-hydrogen) atoms. The Balaban J connectivity index is 1.26. The fraction of sp³-hybridized carbons (Fsp3) is 1.00. The van der Waals surface area contributed by atoms with E-state index in [-0.39, 0.29) is 58.9 Å². The van der Waals surface area contributed by atoms with E-state index in [1.54, 1.807) is 0 Å². The van der Waals surface area contributed by atoms with E-state index in [1.165, 1.54) is 7.11 Å². The van der Waals surface area contributed by atoms with Crippen LogP contribution >= 0.6 is 0 Å². The van der Waals surface area contributed by atoms with Crippen LogP contribution in [0.4, 0.5) is 0 Å². The van der Waals surface area contributed by atoms with E-state index >= 15 is 0 Å². The van der Waals surface area contributed by atoms with Crippen LogP contribution in [-0.4, -0.2) is 107 Å². The topological polar surface area (TPSA) is 192 Å². The van der Waals surface area contributed by atoms with E-state index in [4.69, 9.17) is 18.8 Å². The van der Waals surface area contributed by atoms with Gasteiger partial charge in [-0.2, -0.15) is 8.42 Å². The van der Waals surface area contributed by atoms with Crippen LogP contribution in [0, 0.1) is 46.3 Å². The Morgan fingerprint density at radius 2 is 1.63 bits per heavy atom. The van der Waals surface area contributed by atoms with Crippen molar-refractivity contribution in [1.29, 1.82) is 0 Å². The lowest BCUT2D eigenvalue weighted by molar-refractivity contribution is -0.263. The molecule has 12 nitrogen and oxygen atoms in total. The van der Waals surface area contributed by atoms with Crippen molar-refractivity contribution in [2.75, 3.05) is 13.7 Å². The fourth-order valence-electron chi connectivity index (χ4n) is 11.2. The molecule has 6 N–H and O–H groups in total. The average Bonchev–Trinajstić information content (AvgIpc) is 3.41. The first kappa shape index (κ1) is 36.8. The Hall–Kier alpha value is -0.450. The highest BCUT2D eigenvalue weighted by Crippen LogP contribution is 2.69. The number of methoxy groups -OCH3 is 1. The van der Waals surface area contributed by atoms with E-state index in [9.17, 15) is 34.0 Å². The van der Waals surface area contributed by atoms with Gasteiger partial charge in [0.25, 0.3) is 0 Å². The van der Waals surface area contributed by atoms with Crippen molar-refractivity contribution < 1.29 is 56.9 Å². The van der Waals surface area contributed by atoms with Gasteiger partial charge in [-0.25, -0.2) is 4.18 Å². The SMILES string of the molecule is CO[C@@H]1[C@@H](O)[C@H](O[C@@H](CC[C@@H](C)[C@H]2C[C@H](O)[C@@H]3[C@]2(C)CC[C@@H]2[C@@]4(C)CC[C@H](O)C[C@@H]4[C@@H](O)C[C@]23O)C(C)C)O[C@H]1COS(=O)(=O)O. The molecule has 4 aliphatic carbocycles. The third kappa shape index (κ3) is 6.57. The van der Waals surface area contributed by atoms with Crippen molar-refractivity contribution >= 4 is 10.4 Å². The number of hydrogen-bond acceptors (Lipinski definition) is 11. The Labute approximate surface area is 274 Å². The Morgan fingerprint density at radius 3 is 2.26 bits per heavy atom. The van der Waals surface area contributed by atoms with Gasteiger partial charge in [-0.3, -0.25) is 4.55 Å². The molecule has 5 fully saturated rings. The lowest BCUT2D eigenvalue weighted by atomic mass is 9.42. The van der Waals surface area contributed by atoms with Crippen molar-refractivity contribution in [2.24, 2.45) is 46.3 Å². The van der Waals surface area contributed by atoms with Crippen LogP contribution < -0.4 is 0 Å². The molecule has 5 rings (SSSR count). The molecule has 16 atom stereocenters. The first-order chi connectivity index (χ1) is 21.4. The number of fused-ring (bicyclic) bond motifs is 5. The van der Waals surface area contributed by atoms with E-state index in [1.807, 2.05) is 13.8 Å². The van der Waals surface area contributed by atoms with Crippen molar-refractivity contribution in [3.05, 3.63) is 0 Å². The highest BCUT2D eigenvalue weighted by atomic mass is 32.3. The number of rotatable bonds is 11. The highest BCUT2D eigenvalue weighted by molar-refractivity contribution is 7.80. The summed E-state index contributed by atoms with van der Waals surface area (Å²) >= 11 is 0. The van der Waals surface area contributed by atoms with Gasteiger partial charge in [-0.1, -0.05) is 34.6 Å². The molecule has 0 aromatic heterocycles. The molecule has 5 aliphatic rings. The summed E-state index contributed by atoms with van der Waals surface area (Å²) in [6.45, 7) is 10.1. The predicted octanol–water partition coefficient (Wildman–Crippen LogP) is 2.44. The lowest BCUT2D eigenvalue weighted by Crippen LogP contribution is -2.68. The lowest BCUT2D eigenvalue weighted by Gasteiger charge is -2.66. The van der Waals surface area contributed by atoms with Gasteiger partial charge >= 0.3 is 10.4 Å². The van der Waals surface area contributed by atoms with Gasteiger partial charge in [-0.15, -0.1) is 0 Å². The van der Waals surface area contributed by atoms with E-state index in [0.717, 1.165) is 25.7 Å². The normalized spacial score (nSPS) is 48.9. The van der Waals surface area contributed by atoms with Gasteiger partial charge in [0.2, 0.25) is 0 Å². The summed E-state index contributed by atoms with van der Waals surface area (Å²) in [7, 11) is -3.33. The van der Waals surface area contributed by atoms with E-state index in [2.05, 4.69) is 25.0 Å². The maximum Gasteiger partial charge on any atom is 0.397 e. The molecule has 0 radical (unpaired) electrons. The van der Waals surface area contributed by atoms with Crippen molar-refractivity contribution in [2.45, 2.75) is 147 Å². The minimum Gasteiger partial charge on any atom is -0.393 e. The summed E-state index contributed by atoms with van der Waals surface area (Å²) in [6, 6.07) is 0. The van der Waals surface area contributed by atoms with Crippen molar-refractivity contribution in [1.82, 2.24) is 0 Å². The zero-order valence-corrected chi connectivity index (χ0v) is 29.0. The molecule has 0 amide bonds. The van der Waals surface area contributed by atoms with Gasteiger partial charge < -0.3 is 39.7 Å².